The summed E-state index contributed by atoms with van der Waals surface area (Å²) in [7, 11) is 2.86. The van der Waals surface area contributed by atoms with Crippen molar-refractivity contribution in [2.24, 2.45) is 0 Å². The predicted molar refractivity (Wildman–Crippen MR) is 90.3 cm³/mol. The molecule has 0 saturated carbocycles. The number of H-pyrrole nitrogens is 1. The Bertz CT molecular complexity index is 886. The predicted octanol–water partition coefficient (Wildman–Crippen LogP) is 3.10. The van der Waals surface area contributed by atoms with Crippen molar-refractivity contribution in [3.05, 3.63) is 42.0 Å². The number of esters is 1. The van der Waals surface area contributed by atoms with E-state index in [0.717, 1.165) is 28.0 Å². The van der Waals surface area contributed by atoms with E-state index in [1.165, 1.54) is 7.11 Å². The number of aromatic amines is 1. The molecule has 0 aliphatic carbocycles. The average molecular weight is 326 g/mol. The number of methoxy groups -OCH3 is 2. The fourth-order valence-electron chi connectivity index (χ4n) is 2.44. The summed E-state index contributed by atoms with van der Waals surface area (Å²) in [4.78, 5) is 19.2. The minimum atomic E-state index is -0.450. The van der Waals surface area contributed by atoms with E-state index in [2.05, 4.69) is 14.7 Å². The minimum absolute atomic E-state index is 0.171. The molecule has 0 fully saturated rings. The molecule has 0 spiro atoms. The Morgan fingerprint density at radius 3 is 2.71 bits per heavy atom. The number of fused-ring (bicyclic) bond motifs is 1. The van der Waals surface area contributed by atoms with Crippen LogP contribution in [0.1, 0.15) is 5.56 Å². The van der Waals surface area contributed by atoms with Crippen molar-refractivity contribution >= 4 is 17.0 Å². The molecule has 24 heavy (non-hydrogen) atoms. The Morgan fingerprint density at radius 1 is 1.17 bits per heavy atom. The van der Waals surface area contributed by atoms with Crippen molar-refractivity contribution in [1.82, 2.24) is 9.97 Å². The fourth-order valence-corrected chi connectivity index (χ4v) is 2.44. The standard InChI is InChI=1S/C18H18N2O4/c1-11-5-4-6-13-17(11)20-18(19-13)12-7-8-14(15(9-12)22-2)24-10-16(21)23-3/h4-9H,10H2,1-3H3,(H,19,20). The van der Waals surface area contributed by atoms with Crippen LogP contribution in [0.2, 0.25) is 0 Å². The molecule has 0 aliphatic heterocycles. The van der Waals surface area contributed by atoms with Gasteiger partial charge in [-0.1, -0.05) is 12.1 Å². The molecule has 0 atom stereocenters. The Labute approximate surface area is 139 Å². The zero-order valence-corrected chi connectivity index (χ0v) is 13.8. The third-order valence-corrected chi connectivity index (χ3v) is 3.72. The van der Waals surface area contributed by atoms with Gasteiger partial charge in [-0.15, -0.1) is 0 Å². The molecule has 0 bridgehead atoms. The maximum atomic E-state index is 11.2. The smallest absolute Gasteiger partial charge is 0.343 e. The van der Waals surface area contributed by atoms with Crippen LogP contribution in [0, 0.1) is 6.92 Å². The molecule has 124 valence electrons. The zero-order valence-electron chi connectivity index (χ0n) is 13.8. The van der Waals surface area contributed by atoms with Crippen molar-refractivity contribution in [3.63, 3.8) is 0 Å². The number of hydrogen-bond donors (Lipinski definition) is 1. The number of aromatic nitrogens is 2. The number of para-hydroxylation sites is 1. The van der Waals surface area contributed by atoms with Gasteiger partial charge in [0.1, 0.15) is 5.82 Å². The highest BCUT2D eigenvalue weighted by Gasteiger charge is 2.12. The van der Waals surface area contributed by atoms with Crippen molar-refractivity contribution < 1.29 is 19.0 Å². The third-order valence-electron chi connectivity index (χ3n) is 3.72. The molecule has 2 aromatic carbocycles. The van der Waals surface area contributed by atoms with Crippen LogP contribution >= 0.6 is 0 Å². The summed E-state index contributed by atoms with van der Waals surface area (Å²) in [5, 5.41) is 0. The van der Waals surface area contributed by atoms with Crippen LogP contribution < -0.4 is 9.47 Å². The highest BCUT2D eigenvalue weighted by Crippen LogP contribution is 2.32. The number of carbonyl (C=O) groups excluding carboxylic acids is 1. The lowest BCUT2D eigenvalue weighted by Gasteiger charge is -2.10. The highest BCUT2D eigenvalue weighted by atomic mass is 16.6. The van der Waals surface area contributed by atoms with Gasteiger partial charge in [-0.05, 0) is 36.8 Å². The number of benzene rings is 2. The molecule has 0 unspecified atom stereocenters. The first-order chi connectivity index (χ1) is 11.6. The molecule has 0 radical (unpaired) electrons. The summed E-state index contributed by atoms with van der Waals surface area (Å²) in [6.07, 6.45) is 0. The van der Waals surface area contributed by atoms with Gasteiger partial charge in [0, 0.05) is 5.56 Å². The van der Waals surface area contributed by atoms with Gasteiger partial charge in [-0.25, -0.2) is 9.78 Å². The SMILES string of the molecule is COC(=O)COc1ccc(-c2nc3c(C)cccc3[nH]2)cc1OC. The first-order valence-electron chi connectivity index (χ1n) is 7.45. The summed E-state index contributed by atoms with van der Waals surface area (Å²) in [6, 6.07) is 11.4. The quantitative estimate of drug-likeness (QED) is 0.729. The van der Waals surface area contributed by atoms with Crippen LogP contribution in [0.25, 0.3) is 22.4 Å². The number of nitrogens with zero attached hydrogens (tertiary/aromatic N) is 1. The van der Waals surface area contributed by atoms with E-state index in [4.69, 9.17) is 9.47 Å². The lowest BCUT2D eigenvalue weighted by Crippen LogP contribution is -2.12. The second-order valence-corrected chi connectivity index (χ2v) is 5.29. The van der Waals surface area contributed by atoms with Gasteiger partial charge in [0.15, 0.2) is 18.1 Å². The molecule has 3 aromatic rings. The fraction of sp³-hybridized carbons (Fsp3) is 0.222. The van der Waals surface area contributed by atoms with Crippen LogP contribution in [-0.4, -0.2) is 36.8 Å². The van der Waals surface area contributed by atoms with E-state index in [1.807, 2.05) is 37.3 Å². The molecule has 3 rings (SSSR count). The maximum Gasteiger partial charge on any atom is 0.343 e. The minimum Gasteiger partial charge on any atom is -0.493 e. The van der Waals surface area contributed by atoms with Gasteiger partial charge >= 0.3 is 5.97 Å². The van der Waals surface area contributed by atoms with Crippen LogP contribution in [0.5, 0.6) is 11.5 Å². The summed E-state index contributed by atoms with van der Waals surface area (Å²) < 4.78 is 15.3. The molecule has 1 heterocycles. The molecule has 1 N–H and O–H groups in total. The lowest BCUT2D eigenvalue weighted by atomic mass is 10.2. The van der Waals surface area contributed by atoms with E-state index in [-0.39, 0.29) is 6.61 Å². The number of carbonyl (C=O) groups is 1. The number of hydrogen-bond acceptors (Lipinski definition) is 5. The van der Waals surface area contributed by atoms with Crippen LogP contribution in [0.4, 0.5) is 0 Å². The normalized spacial score (nSPS) is 10.6. The molecule has 0 amide bonds. The van der Waals surface area contributed by atoms with Crippen molar-refractivity contribution in [2.75, 3.05) is 20.8 Å². The van der Waals surface area contributed by atoms with Gasteiger partial charge in [0.25, 0.3) is 0 Å². The van der Waals surface area contributed by atoms with E-state index in [0.29, 0.717) is 11.5 Å². The van der Waals surface area contributed by atoms with Crippen molar-refractivity contribution in [1.29, 1.82) is 0 Å². The first kappa shape index (κ1) is 15.9. The Morgan fingerprint density at radius 2 is 2.00 bits per heavy atom. The van der Waals surface area contributed by atoms with Gasteiger partial charge < -0.3 is 19.2 Å². The number of rotatable bonds is 5. The molecule has 6 nitrogen and oxygen atoms in total. The second-order valence-electron chi connectivity index (χ2n) is 5.29. The topological polar surface area (TPSA) is 73.4 Å². The number of ether oxygens (including phenoxy) is 3. The highest BCUT2D eigenvalue weighted by molar-refractivity contribution is 5.82. The van der Waals surface area contributed by atoms with E-state index in [9.17, 15) is 4.79 Å². The van der Waals surface area contributed by atoms with E-state index < -0.39 is 5.97 Å². The van der Waals surface area contributed by atoms with Crippen molar-refractivity contribution in [3.8, 4) is 22.9 Å². The van der Waals surface area contributed by atoms with E-state index in [1.54, 1.807) is 13.2 Å². The summed E-state index contributed by atoms with van der Waals surface area (Å²) in [6.45, 7) is 1.85. The van der Waals surface area contributed by atoms with Crippen LogP contribution in [0.3, 0.4) is 0 Å². The molecule has 0 aliphatic rings. The number of imidazole rings is 1. The Balaban J connectivity index is 1.93. The van der Waals surface area contributed by atoms with E-state index >= 15 is 0 Å². The first-order valence-corrected chi connectivity index (χ1v) is 7.45. The maximum absolute atomic E-state index is 11.2. The van der Waals surface area contributed by atoms with Gasteiger partial charge in [0.05, 0.1) is 25.3 Å². The summed E-state index contributed by atoms with van der Waals surface area (Å²) in [5.74, 6) is 1.29. The Kier molecular flexibility index (Phi) is 4.37. The summed E-state index contributed by atoms with van der Waals surface area (Å²) >= 11 is 0. The number of nitrogens with one attached hydrogen (secondary N) is 1. The summed E-state index contributed by atoms with van der Waals surface area (Å²) in [5.41, 5.74) is 3.90. The third kappa shape index (κ3) is 3.03. The molecule has 6 heteroatoms. The largest absolute Gasteiger partial charge is 0.493 e. The lowest BCUT2D eigenvalue weighted by molar-refractivity contribution is -0.142. The van der Waals surface area contributed by atoms with Gasteiger partial charge in [0.2, 0.25) is 0 Å². The molecular formula is C18H18N2O4. The van der Waals surface area contributed by atoms with Gasteiger partial charge in [-0.2, -0.15) is 0 Å². The zero-order chi connectivity index (χ0) is 17.1. The van der Waals surface area contributed by atoms with Gasteiger partial charge in [-0.3, -0.25) is 0 Å². The van der Waals surface area contributed by atoms with Crippen LogP contribution in [0.15, 0.2) is 36.4 Å². The molecular weight excluding hydrogens is 308 g/mol. The van der Waals surface area contributed by atoms with Crippen LogP contribution in [-0.2, 0) is 9.53 Å². The Hall–Kier alpha value is -3.02. The molecule has 0 saturated heterocycles. The molecule has 1 aromatic heterocycles. The number of aryl methyl sites for hydroxylation is 1. The van der Waals surface area contributed by atoms with Crippen molar-refractivity contribution in [2.45, 2.75) is 6.92 Å². The second kappa shape index (κ2) is 6.62. The monoisotopic (exact) mass is 326 g/mol. The average Bonchev–Trinajstić information content (AvgIpc) is 3.05.